The third kappa shape index (κ3) is 2.68. The highest BCUT2D eigenvalue weighted by Gasteiger charge is 2.18. The molecule has 16 heavy (non-hydrogen) atoms. The van der Waals surface area contributed by atoms with E-state index in [9.17, 15) is 4.79 Å². The fourth-order valence-electron chi connectivity index (χ4n) is 1.95. The minimum atomic E-state index is 0.0286. The second kappa shape index (κ2) is 5.23. The first-order valence-corrected chi connectivity index (χ1v) is 5.68. The van der Waals surface area contributed by atoms with Crippen molar-refractivity contribution in [1.29, 1.82) is 0 Å². The van der Waals surface area contributed by atoms with Crippen LogP contribution in [0.5, 0.6) is 0 Å². The van der Waals surface area contributed by atoms with Gasteiger partial charge in [0.1, 0.15) is 0 Å². The zero-order chi connectivity index (χ0) is 11.4. The van der Waals surface area contributed by atoms with Gasteiger partial charge in [-0.15, -0.1) is 0 Å². The van der Waals surface area contributed by atoms with Crippen molar-refractivity contribution >= 4 is 5.78 Å². The Hall–Kier alpha value is -1.19. The van der Waals surface area contributed by atoms with Crippen LogP contribution in [0.3, 0.4) is 0 Å². The summed E-state index contributed by atoms with van der Waals surface area (Å²) in [7, 11) is 0. The van der Waals surface area contributed by atoms with Gasteiger partial charge in [0, 0.05) is 25.1 Å². The summed E-state index contributed by atoms with van der Waals surface area (Å²) in [5, 5.41) is 3.23. The van der Waals surface area contributed by atoms with Crippen LogP contribution in [0.2, 0.25) is 0 Å². The number of ether oxygens (including phenoxy) is 1. The lowest BCUT2D eigenvalue weighted by molar-refractivity contribution is 0.0240. The van der Waals surface area contributed by atoms with Crippen LogP contribution in [0.15, 0.2) is 24.3 Å². The topological polar surface area (TPSA) is 38.3 Å². The molecule has 1 saturated heterocycles. The molecule has 1 aliphatic heterocycles. The first-order chi connectivity index (χ1) is 7.77. The second-order valence-electron chi connectivity index (χ2n) is 4.14. The van der Waals surface area contributed by atoms with Crippen molar-refractivity contribution in [2.75, 3.05) is 19.7 Å². The Balaban J connectivity index is 2.00. The normalized spacial score (nSPS) is 20.7. The quantitative estimate of drug-likeness (QED) is 0.784. The lowest BCUT2D eigenvalue weighted by Gasteiger charge is -2.23. The van der Waals surface area contributed by atoms with Gasteiger partial charge in [0.2, 0.25) is 0 Å². The zero-order valence-electron chi connectivity index (χ0n) is 9.53. The average molecular weight is 219 g/mol. The summed E-state index contributed by atoms with van der Waals surface area (Å²) < 4.78 is 5.53. The maximum Gasteiger partial charge on any atom is 0.165 e. The standard InChI is InChI=1S/C13H17NO2/c1-10-4-2-3-5-12(10)13(15)8-11-9-14-6-7-16-11/h2-5,11,14H,6-9H2,1H3. The molecule has 86 valence electrons. The number of ketones is 1. The molecule has 1 aromatic rings. The van der Waals surface area contributed by atoms with E-state index in [2.05, 4.69) is 5.32 Å². The molecule has 0 aromatic heterocycles. The van der Waals surface area contributed by atoms with Gasteiger partial charge in [-0.3, -0.25) is 4.79 Å². The van der Waals surface area contributed by atoms with Crippen molar-refractivity contribution in [2.45, 2.75) is 19.4 Å². The number of nitrogens with one attached hydrogen (secondary N) is 1. The van der Waals surface area contributed by atoms with Crippen molar-refractivity contribution in [3.05, 3.63) is 35.4 Å². The smallest absolute Gasteiger partial charge is 0.165 e. The van der Waals surface area contributed by atoms with Gasteiger partial charge in [-0.1, -0.05) is 24.3 Å². The summed E-state index contributed by atoms with van der Waals surface area (Å²) in [5.74, 6) is 0.173. The molecule has 1 aromatic carbocycles. The van der Waals surface area contributed by atoms with E-state index in [1.54, 1.807) is 0 Å². The molecule has 0 amide bonds. The summed E-state index contributed by atoms with van der Waals surface area (Å²) in [5.41, 5.74) is 1.85. The van der Waals surface area contributed by atoms with Crippen LogP contribution in [0.25, 0.3) is 0 Å². The molecule has 1 heterocycles. The molecule has 1 unspecified atom stereocenters. The number of hydrogen-bond acceptors (Lipinski definition) is 3. The summed E-state index contributed by atoms with van der Waals surface area (Å²) in [6.07, 6.45) is 0.499. The number of benzene rings is 1. The van der Waals surface area contributed by atoms with Crippen molar-refractivity contribution in [1.82, 2.24) is 5.32 Å². The van der Waals surface area contributed by atoms with Gasteiger partial charge in [0.05, 0.1) is 12.7 Å². The van der Waals surface area contributed by atoms with Crippen LogP contribution < -0.4 is 5.32 Å². The number of rotatable bonds is 3. The molecular formula is C13H17NO2. The fraction of sp³-hybridized carbons (Fsp3) is 0.462. The monoisotopic (exact) mass is 219 g/mol. The van der Waals surface area contributed by atoms with Crippen molar-refractivity contribution < 1.29 is 9.53 Å². The number of Topliss-reactive ketones (excluding diaryl/α,β-unsaturated/α-hetero) is 1. The molecule has 1 N–H and O–H groups in total. The first kappa shape index (κ1) is 11.3. The van der Waals surface area contributed by atoms with Gasteiger partial charge in [-0.2, -0.15) is 0 Å². The molecule has 0 saturated carbocycles. The van der Waals surface area contributed by atoms with Crippen LogP contribution in [-0.4, -0.2) is 31.6 Å². The number of hydrogen-bond donors (Lipinski definition) is 1. The Bertz CT molecular complexity index is 370. The Kier molecular flexibility index (Phi) is 3.70. The fourth-order valence-corrected chi connectivity index (χ4v) is 1.95. The van der Waals surface area contributed by atoms with E-state index in [0.717, 1.165) is 24.2 Å². The molecule has 2 rings (SSSR count). The molecular weight excluding hydrogens is 202 g/mol. The van der Waals surface area contributed by atoms with Crippen LogP contribution in [-0.2, 0) is 4.74 Å². The highest BCUT2D eigenvalue weighted by atomic mass is 16.5. The van der Waals surface area contributed by atoms with Gasteiger partial charge >= 0.3 is 0 Å². The highest BCUT2D eigenvalue weighted by Crippen LogP contribution is 2.13. The van der Waals surface area contributed by atoms with Gasteiger partial charge in [-0.05, 0) is 12.5 Å². The van der Waals surface area contributed by atoms with Crippen LogP contribution in [0.4, 0.5) is 0 Å². The van der Waals surface area contributed by atoms with E-state index in [1.807, 2.05) is 31.2 Å². The molecule has 0 radical (unpaired) electrons. The highest BCUT2D eigenvalue weighted by molar-refractivity contribution is 5.97. The Morgan fingerprint density at radius 2 is 2.31 bits per heavy atom. The Morgan fingerprint density at radius 3 is 3.00 bits per heavy atom. The predicted octanol–water partition coefficient (Wildman–Crippen LogP) is 1.56. The maximum absolute atomic E-state index is 12.0. The second-order valence-corrected chi connectivity index (χ2v) is 4.14. The lowest BCUT2D eigenvalue weighted by Crippen LogP contribution is -2.39. The summed E-state index contributed by atoms with van der Waals surface area (Å²) in [6.45, 7) is 4.33. The van der Waals surface area contributed by atoms with Crippen molar-refractivity contribution in [3.8, 4) is 0 Å². The minimum absolute atomic E-state index is 0.0286. The van der Waals surface area contributed by atoms with E-state index in [-0.39, 0.29) is 11.9 Å². The molecule has 1 aliphatic rings. The van der Waals surface area contributed by atoms with Gasteiger partial charge in [0.25, 0.3) is 0 Å². The predicted molar refractivity (Wildman–Crippen MR) is 62.7 cm³/mol. The summed E-state index contributed by atoms with van der Waals surface area (Å²) in [6, 6.07) is 7.70. The van der Waals surface area contributed by atoms with E-state index < -0.39 is 0 Å². The number of morpholine rings is 1. The van der Waals surface area contributed by atoms with Crippen LogP contribution in [0, 0.1) is 6.92 Å². The van der Waals surface area contributed by atoms with Gasteiger partial charge in [0.15, 0.2) is 5.78 Å². The third-order valence-electron chi connectivity index (χ3n) is 2.86. The van der Waals surface area contributed by atoms with Gasteiger partial charge in [-0.25, -0.2) is 0 Å². The van der Waals surface area contributed by atoms with E-state index >= 15 is 0 Å². The molecule has 0 aliphatic carbocycles. The third-order valence-corrected chi connectivity index (χ3v) is 2.86. The Morgan fingerprint density at radius 1 is 1.50 bits per heavy atom. The summed E-state index contributed by atoms with van der Waals surface area (Å²) in [4.78, 5) is 12.0. The van der Waals surface area contributed by atoms with Crippen molar-refractivity contribution in [2.24, 2.45) is 0 Å². The zero-order valence-corrected chi connectivity index (χ0v) is 9.53. The largest absolute Gasteiger partial charge is 0.375 e. The number of aryl methyl sites for hydroxylation is 1. The van der Waals surface area contributed by atoms with E-state index in [0.29, 0.717) is 13.0 Å². The SMILES string of the molecule is Cc1ccccc1C(=O)CC1CNCCO1. The van der Waals surface area contributed by atoms with E-state index in [4.69, 9.17) is 4.74 Å². The molecule has 0 bridgehead atoms. The lowest BCUT2D eigenvalue weighted by atomic mass is 10.0. The maximum atomic E-state index is 12.0. The molecule has 1 atom stereocenters. The molecule has 0 spiro atoms. The number of carbonyl (C=O) groups is 1. The molecule has 1 fully saturated rings. The Labute approximate surface area is 95.8 Å². The minimum Gasteiger partial charge on any atom is -0.375 e. The number of carbonyl (C=O) groups excluding carboxylic acids is 1. The summed E-state index contributed by atoms with van der Waals surface area (Å²) >= 11 is 0. The molecule has 3 nitrogen and oxygen atoms in total. The van der Waals surface area contributed by atoms with Crippen molar-refractivity contribution in [3.63, 3.8) is 0 Å². The van der Waals surface area contributed by atoms with E-state index in [1.165, 1.54) is 0 Å². The van der Waals surface area contributed by atoms with Crippen LogP contribution >= 0.6 is 0 Å². The first-order valence-electron chi connectivity index (χ1n) is 5.68. The average Bonchev–Trinajstić information content (AvgIpc) is 2.31. The molecule has 3 heteroatoms. The van der Waals surface area contributed by atoms with Crippen LogP contribution in [0.1, 0.15) is 22.3 Å². The van der Waals surface area contributed by atoms with Gasteiger partial charge < -0.3 is 10.1 Å².